The quantitative estimate of drug-likeness (QED) is 0.473. The van der Waals surface area contributed by atoms with Crippen LogP contribution in [0.1, 0.15) is 22.8 Å². The third-order valence-electron chi connectivity index (χ3n) is 3.22. The van der Waals surface area contributed by atoms with Crippen LogP contribution in [0.2, 0.25) is 0 Å². The predicted octanol–water partition coefficient (Wildman–Crippen LogP) is 2.77. The number of nitro benzene ring substituents is 1. The Morgan fingerprint density at radius 1 is 1.28 bits per heavy atom. The average molecular weight is 343 g/mol. The van der Waals surface area contributed by atoms with Gasteiger partial charge in [0.2, 0.25) is 0 Å². The smallest absolute Gasteiger partial charge is 0.271 e. The van der Waals surface area contributed by atoms with Gasteiger partial charge in [-0.05, 0) is 31.2 Å². The lowest BCUT2D eigenvalue weighted by Crippen LogP contribution is -2.17. The van der Waals surface area contributed by atoms with E-state index in [-0.39, 0.29) is 11.3 Å². The second-order valence-electron chi connectivity index (χ2n) is 4.81. The Kier molecular flexibility index (Phi) is 6.05. The molecule has 8 nitrogen and oxygen atoms in total. The maximum Gasteiger partial charge on any atom is 0.271 e. The van der Waals surface area contributed by atoms with Gasteiger partial charge in [0.1, 0.15) is 0 Å². The van der Waals surface area contributed by atoms with Gasteiger partial charge in [0.15, 0.2) is 11.5 Å². The van der Waals surface area contributed by atoms with Crippen LogP contribution in [-0.2, 0) is 0 Å². The number of nitro groups is 1. The van der Waals surface area contributed by atoms with Crippen LogP contribution in [0.5, 0.6) is 11.5 Å². The van der Waals surface area contributed by atoms with Crippen molar-refractivity contribution in [3.8, 4) is 11.5 Å². The molecule has 2 rings (SSSR count). The van der Waals surface area contributed by atoms with Crippen LogP contribution in [0.25, 0.3) is 0 Å². The summed E-state index contributed by atoms with van der Waals surface area (Å²) in [6, 6.07) is 10.6. The number of hydrogen-bond donors (Lipinski definition) is 1. The van der Waals surface area contributed by atoms with E-state index in [1.807, 2.05) is 6.92 Å². The van der Waals surface area contributed by atoms with E-state index in [0.29, 0.717) is 23.7 Å². The van der Waals surface area contributed by atoms with E-state index in [0.717, 1.165) is 0 Å². The molecule has 0 radical (unpaired) electrons. The minimum absolute atomic E-state index is 0.0856. The summed E-state index contributed by atoms with van der Waals surface area (Å²) < 4.78 is 10.8. The van der Waals surface area contributed by atoms with Crippen molar-refractivity contribution in [3.05, 3.63) is 63.7 Å². The molecule has 0 aliphatic heterocycles. The third-order valence-corrected chi connectivity index (χ3v) is 3.22. The summed E-state index contributed by atoms with van der Waals surface area (Å²) in [6.07, 6.45) is 1.44. The predicted molar refractivity (Wildman–Crippen MR) is 92.3 cm³/mol. The van der Waals surface area contributed by atoms with E-state index in [1.54, 1.807) is 18.2 Å². The molecule has 1 amide bonds. The summed E-state index contributed by atoms with van der Waals surface area (Å²) in [7, 11) is 1.52. The molecular formula is C17H17N3O5. The summed E-state index contributed by atoms with van der Waals surface area (Å²) in [6.45, 7) is 2.36. The highest BCUT2D eigenvalue weighted by Gasteiger charge is 2.10. The van der Waals surface area contributed by atoms with Crippen LogP contribution in [-0.4, -0.2) is 30.8 Å². The summed E-state index contributed by atoms with van der Waals surface area (Å²) in [5.41, 5.74) is 3.18. The van der Waals surface area contributed by atoms with E-state index < -0.39 is 10.8 Å². The molecule has 0 spiro atoms. The van der Waals surface area contributed by atoms with Crippen molar-refractivity contribution < 1.29 is 19.2 Å². The first kappa shape index (κ1) is 17.9. The minimum Gasteiger partial charge on any atom is -0.492 e. The van der Waals surface area contributed by atoms with Crippen molar-refractivity contribution in [2.75, 3.05) is 13.7 Å². The van der Waals surface area contributed by atoms with Crippen LogP contribution in [0.3, 0.4) is 0 Å². The number of carbonyl (C=O) groups is 1. The topological polar surface area (TPSA) is 103 Å². The first-order valence-electron chi connectivity index (χ1n) is 7.44. The van der Waals surface area contributed by atoms with Gasteiger partial charge in [-0.1, -0.05) is 6.07 Å². The van der Waals surface area contributed by atoms with Gasteiger partial charge >= 0.3 is 0 Å². The standard InChI is InChI=1S/C17H17N3O5/c1-3-25-15-6-4-5-13(16(15)24-2)11-18-19-17(21)12-7-9-14(10-8-12)20(22)23/h4-11H,3H2,1-2H3,(H,19,21)/b18-11+. The highest BCUT2D eigenvalue weighted by Crippen LogP contribution is 2.29. The Labute approximate surface area is 144 Å². The SMILES string of the molecule is CCOc1cccc(/C=N/NC(=O)c2ccc([N+](=O)[O-])cc2)c1OC. The van der Waals surface area contributed by atoms with E-state index in [2.05, 4.69) is 10.5 Å². The largest absolute Gasteiger partial charge is 0.492 e. The number of rotatable bonds is 7. The lowest BCUT2D eigenvalue weighted by atomic mass is 10.2. The molecular weight excluding hydrogens is 326 g/mol. The molecule has 0 fully saturated rings. The molecule has 0 atom stereocenters. The normalized spacial score (nSPS) is 10.5. The lowest BCUT2D eigenvalue weighted by Gasteiger charge is -2.11. The van der Waals surface area contributed by atoms with Gasteiger partial charge in [-0.15, -0.1) is 0 Å². The van der Waals surface area contributed by atoms with Gasteiger partial charge in [0, 0.05) is 23.3 Å². The highest BCUT2D eigenvalue weighted by atomic mass is 16.6. The molecule has 0 saturated heterocycles. The van der Waals surface area contributed by atoms with Gasteiger partial charge in [0.25, 0.3) is 11.6 Å². The van der Waals surface area contributed by atoms with Crippen LogP contribution in [0.4, 0.5) is 5.69 Å². The number of hydrazone groups is 1. The second kappa shape index (κ2) is 8.44. The fraction of sp³-hybridized carbons (Fsp3) is 0.176. The van der Waals surface area contributed by atoms with Gasteiger partial charge in [-0.3, -0.25) is 14.9 Å². The summed E-state index contributed by atoms with van der Waals surface area (Å²) in [5.74, 6) is 0.611. The van der Waals surface area contributed by atoms with Crippen molar-refractivity contribution in [2.45, 2.75) is 6.92 Å². The molecule has 130 valence electrons. The van der Waals surface area contributed by atoms with Crippen molar-refractivity contribution in [2.24, 2.45) is 5.10 Å². The molecule has 2 aromatic rings. The van der Waals surface area contributed by atoms with Crippen molar-refractivity contribution in [1.82, 2.24) is 5.43 Å². The third kappa shape index (κ3) is 4.54. The summed E-state index contributed by atoms with van der Waals surface area (Å²) in [5, 5.41) is 14.5. The molecule has 1 N–H and O–H groups in total. The molecule has 0 unspecified atom stereocenters. The fourth-order valence-electron chi connectivity index (χ4n) is 2.08. The molecule has 0 aliphatic carbocycles. The molecule has 25 heavy (non-hydrogen) atoms. The number of para-hydroxylation sites is 1. The number of non-ortho nitro benzene ring substituents is 1. The number of hydrogen-bond acceptors (Lipinski definition) is 6. The van der Waals surface area contributed by atoms with E-state index in [1.165, 1.54) is 37.6 Å². The van der Waals surface area contributed by atoms with Gasteiger partial charge in [-0.25, -0.2) is 5.43 Å². The van der Waals surface area contributed by atoms with Crippen LogP contribution in [0.15, 0.2) is 47.6 Å². The maximum atomic E-state index is 12.0. The summed E-state index contributed by atoms with van der Waals surface area (Å²) >= 11 is 0. The zero-order valence-corrected chi connectivity index (χ0v) is 13.8. The summed E-state index contributed by atoms with van der Waals surface area (Å²) in [4.78, 5) is 22.1. The first-order valence-corrected chi connectivity index (χ1v) is 7.44. The zero-order chi connectivity index (χ0) is 18.2. The molecule has 0 saturated carbocycles. The number of nitrogens with one attached hydrogen (secondary N) is 1. The van der Waals surface area contributed by atoms with Crippen LogP contribution < -0.4 is 14.9 Å². The van der Waals surface area contributed by atoms with Gasteiger partial charge in [-0.2, -0.15) is 5.10 Å². The van der Waals surface area contributed by atoms with Gasteiger partial charge < -0.3 is 9.47 Å². The molecule has 0 aliphatic rings. The Morgan fingerprint density at radius 2 is 2.00 bits per heavy atom. The monoisotopic (exact) mass is 343 g/mol. The Hall–Kier alpha value is -3.42. The van der Waals surface area contributed by atoms with Crippen molar-refractivity contribution >= 4 is 17.8 Å². The molecule has 2 aromatic carbocycles. The number of carbonyl (C=O) groups excluding carboxylic acids is 1. The second-order valence-corrected chi connectivity index (χ2v) is 4.81. The van der Waals surface area contributed by atoms with Gasteiger partial charge in [0.05, 0.1) is 24.9 Å². The van der Waals surface area contributed by atoms with Crippen molar-refractivity contribution in [3.63, 3.8) is 0 Å². The number of ether oxygens (including phenoxy) is 2. The number of benzene rings is 2. The highest BCUT2D eigenvalue weighted by molar-refractivity contribution is 5.95. The number of nitrogens with zero attached hydrogens (tertiary/aromatic N) is 2. The Balaban J connectivity index is 2.08. The fourth-order valence-corrected chi connectivity index (χ4v) is 2.08. The first-order chi connectivity index (χ1) is 12.1. The number of methoxy groups -OCH3 is 1. The Bertz CT molecular complexity index is 787. The van der Waals surface area contributed by atoms with Crippen LogP contribution >= 0.6 is 0 Å². The maximum absolute atomic E-state index is 12.0. The van der Waals surface area contributed by atoms with E-state index in [4.69, 9.17) is 9.47 Å². The minimum atomic E-state index is -0.530. The average Bonchev–Trinajstić information content (AvgIpc) is 2.62. The number of amides is 1. The molecule has 0 heterocycles. The zero-order valence-electron chi connectivity index (χ0n) is 13.8. The Morgan fingerprint density at radius 3 is 2.60 bits per heavy atom. The molecule has 8 heteroatoms. The molecule has 0 bridgehead atoms. The van der Waals surface area contributed by atoms with Crippen LogP contribution in [0, 0.1) is 10.1 Å². The van der Waals surface area contributed by atoms with E-state index >= 15 is 0 Å². The van der Waals surface area contributed by atoms with Crippen molar-refractivity contribution in [1.29, 1.82) is 0 Å². The van der Waals surface area contributed by atoms with E-state index in [9.17, 15) is 14.9 Å². The molecule has 0 aromatic heterocycles. The lowest BCUT2D eigenvalue weighted by molar-refractivity contribution is -0.384.